The molecule has 0 bridgehead atoms. The number of Topliss-reactive ketones (excluding diaryl/α,β-unsaturated/α-hetero) is 1. The largest absolute Gasteiger partial charge is 0.493 e. The second-order valence-corrected chi connectivity index (χ2v) is 8.23. The number of ketones is 1. The first kappa shape index (κ1) is 20.6. The van der Waals surface area contributed by atoms with E-state index in [0.717, 1.165) is 31.0 Å². The third kappa shape index (κ3) is 5.02. The van der Waals surface area contributed by atoms with Crippen LogP contribution >= 0.6 is 11.8 Å². The van der Waals surface area contributed by atoms with Gasteiger partial charge in [0.2, 0.25) is 0 Å². The van der Waals surface area contributed by atoms with E-state index in [1.165, 1.54) is 13.0 Å². The summed E-state index contributed by atoms with van der Waals surface area (Å²) < 4.78 is 11.0. The predicted molar refractivity (Wildman–Crippen MR) is 106 cm³/mol. The van der Waals surface area contributed by atoms with Gasteiger partial charge >= 0.3 is 5.63 Å². The first-order valence-electron chi connectivity index (χ1n) is 9.42. The zero-order valence-electron chi connectivity index (χ0n) is 16.0. The molecule has 3 rings (SSSR count). The number of ether oxygens (including phenoxy) is 1. The van der Waals surface area contributed by atoms with Crippen molar-refractivity contribution in [2.45, 2.75) is 51.2 Å². The Bertz CT molecular complexity index is 848. The summed E-state index contributed by atoms with van der Waals surface area (Å²) >= 11 is 1.16. The molecule has 9 heteroatoms. The maximum Gasteiger partial charge on any atom is 0.339 e. The van der Waals surface area contributed by atoms with Crippen molar-refractivity contribution in [3.05, 3.63) is 28.3 Å². The molecule has 0 unspecified atom stereocenters. The Labute approximate surface area is 167 Å². The summed E-state index contributed by atoms with van der Waals surface area (Å²) in [4.78, 5) is 40.3. The van der Waals surface area contributed by atoms with E-state index in [1.807, 2.05) is 6.92 Å². The van der Waals surface area contributed by atoms with Crippen LogP contribution in [0.2, 0.25) is 0 Å². The lowest BCUT2D eigenvalue weighted by atomic mass is 10.1. The van der Waals surface area contributed by atoms with Gasteiger partial charge in [0.25, 0.3) is 5.91 Å². The van der Waals surface area contributed by atoms with Crippen molar-refractivity contribution in [1.82, 2.24) is 5.32 Å². The summed E-state index contributed by atoms with van der Waals surface area (Å²) in [5.74, 6) is 0.750. The van der Waals surface area contributed by atoms with Crippen molar-refractivity contribution in [1.29, 1.82) is 0 Å². The van der Waals surface area contributed by atoms with E-state index in [-0.39, 0.29) is 16.6 Å². The molecule has 0 aromatic carbocycles. The molecule has 2 heterocycles. The van der Waals surface area contributed by atoms with Gasteiger partial charge in [0, 0.05) is 18.7 Å². The minimum absolute atomic E-state index is 0.182. The third-order valence-corrected chi connectivity index (χ3v) is 5.83. The van der Waals surface area contributed by atoms with Crippen molar-refractivity contribution < 1.29 is 18.7 Å². The molecule has 1 amide bonds. The highest BCUT2D eigenvalue weighted by molar-refractivity contribution is 8.16. The molecule has 1 saturated carbocycles. The van der Waals surface area contributed by atoms with Crippen LogP contribution in [0.4, 0.5) is 0 Å². The molecule has 3 N–H and O–H groups in total. The van der Waals surface area contributed by atoms with Gasteiger partial charge in [0.05, 0.1) is 18.7 Å². The van der Waals surface area contributed by atoms with Crippen LogP contribution in [0.25, 0.3) is 0 Å². The molecular formula is C19H25N3O5S. The van der Waals surface area contributed by atoms with Crippen molar-refractivity contribution in [3.8, 4) is 5.75 Å². The summed E-state index contributed by atoms with van der Waals surface area (Å²) in [5, 5.41) is 3.07. The third-order valence-electron chi connectivity index (χ3n) is 4.60. The summed E-state index contributed by atoms with van der Waals surface area (Å²) in [6, 6.07) is 2.40. The Morgan fingerprint density at radius 1 is 1.46 bits per heavy atom. The SMILES string of the molecule is CCC[C@@H](NC(=O)[C@]1(N)CSC(C(C)=O)=N1)c1cc(OCC2CC2)cc(=O)o1. The van der Waals surface area contributed by atoms with E-state index in [9.17, 15) is 14.4 Å². The number of hydrogen-bond acceptors (Lipinski definition) is 8. The maximum atomic E-state index is 12.8. The van der Waals surface area contributed by atoms with Crippen molar-refractivity contribution in [2.24, 2.45) is 16.6 Å². The van der Waals surface area contributed by atoms with Gasteiger partial charge in [-0.25, -0.2) is 9.79 Å². The van der Waals surface area contributed by atoms with E-state index < -0.39 is 23.2 Å². The normalized spacial score (nSPS) is 22.5. The van der Waals surface area contributed by atoms with Gasteiger partial charge in [-0.15, -0.1) is 0 Å². The fourth-order valence-corrected chi connectivity index (χ4v) is 3.79. The number of nitrogens with zero attached hydrogens (tertiary/aromatic N) is 1. The quantitative estimate of drug-likeness (QED) is 0.639. The van der Waals surface area contributed by atoms with E-state index in [4.69, 9.17) is 14.9 Å². The Hall–Kier alpha value is -2.13. The Balaban J connectivity index is 1.76. The molecule has 8 nitrogen and oxygen atoms in total. The molecule has 0 spiro atoms. The second-order valence-electron chi connectivity index (χ2n) is 7.27. The minimum atomic E-state index is -1.52. The summed E-state index contributed by atoms with van der Waals surface area (Å²) in [6.07, 6.45) is 3.58. The molecule has 0 saturated heterocycles. The molecule has 2 atom stereocenters. The van der Waals surface area contributed by atoms with Crippen LogP contribution in [0.1, 0.15) is 51.3 Å². The number of hydrogen-bond donors (Lipinski definition) is 2. The fraction of sp³-hybridized carbons (Fsp3) is 0.579. The highest BCUT2D eigenvalue weighted by atomic mass is 32.2. The molecular weight excluding hydrogens is 382 g/mol. The number of thioether (sulfide) groups is 1. The van der Waals surface area contributed by atoms with E-state index >= 15 is 0 Å². The highest BCUT2D eigenvalue weighted by Gasteiger charge is 2.41. The molecule has 28 heavy (non-hydrogen) atoms. The Kier molecular flexibility index (Phi) is 6.24. The van der Waals surface area contributed by atoms with Gasteiger partial charge in [-0.3, -0.25) is 15.3 Å². The molecule has 1 aliphatic heterocycles. The lowest BCUT2D eigenvalue weighted by Gasteiger charge is -2.24. The van der Waals surface area contributed by atoms with E-state index in [0.29, 0.717) is 30.5 Å². The van der Waals surface area contributed by atoms with Crippen LogP contribution in [0.3, 0.4) is 0 Å². The van der Waals surface area contributed by atoms with E-state index in [1.54, 1.807) is 6.07 Å². The topological polar surface area (TPSA) is 124 Å². The number of rotatable bonds is 9. The number of carbonyl (C=O) groups is 2. The van der Waals surface area contributed by atoms with Gasteiger partial charge in [0.15, 0.2) is 11.4 Å². The number of nitrogens with two attached hydrogens (primary N) is 1. The number of carbonyl (C=O) groups excluding carboxylic acids is 2. The molecule has 152 valence electrons. The monoisotopic (exact) mass is 407 g/mol. The van der Waals surface area contributed by atoms with Gasteiger partial charge in [-0.05, 0) is 25.2 Å². The molecule has 0 radical (unpaired) electrons. The average Bonchev–Trinajstić information content (AvgIpc) is 3.38. The van der Waals surface area contributed by atoms with Crippen LogP contribution in [-0.2, 0) is 9.59 Å². The number of nitrogens with one attached hydrogen (secondary N) is 1. The first-order chi connectivity index (χ1) is 13.3. The van der Waals surface area contributed by atoms with Crippen molar-refractivity contribution >= 4 is 28.5 Å². The maximum absolute atomic E-state index is 12.8. The van der Waals surface area contributed by atoms with Crippen molar-refractivity contribution in [3.63, 3.8) is 0 Å². The number of aliphatic imine (C=N–C) groups is 1. The van der Waals surface area contributed by atoms with Crippen LogP contribution in [-0.4, -0.2) is 34.8 Å². The van der Waals surface area contributed by atoms with E-state index in [2.05, 4.69) is 10.3 Å². The summed E-state index contributed by atoms with van der Waals surface area (Å²) in [6.45, 7) is 3.91. The Morgan fingerprint density at radius 2 is 2.21 bits per heavy atom. The lowest BCUT2D eigenvalue weighted by molar-refractivity contribution is -0.126. The van der Waals surface area contributed by atoms with Gasteiger partial charge in [0.1, 0.15) is 16.6 Å². The van der Waals surface area contributed by atoms with Crippen LogP contribution < -0.4 is 21.4 Å². The Morgan fingerprint density at radius 3 is 2.82 bits per heavy atom. The zero-order valence-corrected chi connectivity index (χ0v) is 16.8. The standard InChI is InChI=1S/C19H25N3O5S/c1-3-4-14(21-18(25)19(20)10-28-17(22-19)11(2)23)15-7-13(8-16(24)27-15)26-9-12-5-6-12/h7-8,12,14H,3-6,9-10,20H2,1-2H3,(H,21,25)/t14-,19+/m1/s1. The predicted octanol–water partition coefficient (Wildman–Crippen LogP) is 1.78. The minimum Gasteiger partial charge on any atom is -0.493 e. The van der Waals surface area contributed by atoms with Gasteiger partial charge in [-0.2, -0.15) is 0 Å². The summed E-state index contributed by atoms with van der Waals surface area (Å²) in [5.41, 5.74) is 4.06. The van der Waals surface area contributed by atoms with Crippen LogP contribution in [0.15, 0.2) is 26.3 Å². The molecule has 1 aromatic rings. The smallest absolute Gasteiger partial charge is 0.339 e. The molecule has 1 fully saturated rings. The number of amides is 1. The lowest BCUT2D eigenvalue weighted by Crippen LogP contribution is -2.54. The van der Waals surface area contributed by atoms with Gasteiger partial charge < -0.3 is 14.5 Å². The molecule has 1 aliphatic carbocycles. The van der Waals surface area contributed by atoms with Gasteiger partial charge in [-0.1, -0.05) is 25.1 Å². The molecule has 1 aromatic heterocycles. The highest BCUT2D eigenvalue weighted by Crippen LogP contribution is 2.30. The molecule has 2 aliphatic rings. The van der Waals surface area contributed by atoms with Crippen LogP contribution in [0, 0.1) is 5.92 Å². The zero-order chi connectivity index (χ0) is 20.3. The summed E-state index contributed by atoms with van der Waals surface area (Å²) in [7, 11) is 0. The first-order valence-corrected chi connectivity index (χ1v) is 10.4. The second kappa shape index (κ2) is 8.48. The fourth-order valence-electron chi connectivity index (χ4n) is 2.81. The average molecular weight is 407 g/mol. The van der Waals surface area contributed by atoms with Crippen molar-refractivity contribution in [2.75, 3.05) is 12.4 Å². The van der Waals surface area contributed by atoms with Crippen LogP contribution in [0.5, 0.6) is 5.75 Å².